The van der Waals surface area contributed by atoms with Gasteiger partial charge in [0.2, 0.25) is 5.75 Å². The summed E-state index contributed by atoms with van der Waals surface area (Å²) in [4.78, 5) is 29.1. The molecule has 0 saturated heterocycles. The SMILES string of the molecule is COc1cc(CNC(=O)c2nc3n(c(=O)c2O)CCOC3(C)C)ccc1O. The third kappa shape index (κ3) is 3.45. The van der Waals surface area contributed by atoms with Crippen molar-refractivity contribution in [2.75, 3.05) is 13.7 Å². The van der Waals surface area contributed by atoms with Gasteiger partial charge in [-0.15, -0.1) is 0 Å². The van der Waals surface area contributed by atoms with Crippen LogP contribution >= 0.6 is 0 Å². The van der Waals surface area contributed by atoms with Crippen molar-refractivity contribution < 1.29 is 24.5 Å². The lowest BCUT2D eigenvalue weighted by atomic mass is 10.1. The first-order chi connectivity index (χ1) is 12.7. The van der Waals surface area contributed by atoms with E-state index in [4.69, 9.17) is 9.47 Å². The van der Waals surface area contributed by atoms with Gasteiger partial charge in [0.05, 0.1) is 20.3 Å². The predicted octanol–water partition coefficient (Wildman–Crippen LogP) is 0.858. The quantitative estimate of drug-likeness (QED) is 0.724. The molecule has 27 heavy (non-hydrogen) atoms. The fourth-order valence-electron chi connectivity index (χ4n) is 2.92. The lowest BCUT2D eigenvalue weighted by Crippen LogP contribution is -2.42. The number of aromatic nitrogens is 2. The Morgan fingerprint density at radius 2 is 2.15 bits per heavy atom. The monoisotopic (exact) mass is 375 g/mol. The highest BCUT2D eigenvalue weighted by Crippen LogP contribution is 2.28. The van der Waals surface area contributed by atoms with Crippen LogP contribution in [0.4, 0.5) is 0 Å². The third-order valence-corrected chi connectivity index (χ3v) is 4.37. The Morgan fingerprint density at radius 3 is 2.85 bits per heavy atom. The van der Waals surface area contributed by atoms with Crippen molar-refractivity contribution in [2.24, 2.45) is 0 Å². The summed E-state index contributed by atoms with van der Waals surface area (Å²) in [6.45, 7) is 4.15. The first-order valence-corrected chi connectivity index (χ1v) is 8.37. The van der Waals surface area contributed by atoms with Crippen LogP contribution in [0.2, 0.25) is 0 Å². The average molecular weight is 375 g/mol. The highest BCUT2D eigenvalue weighted by molar-refractivity contribution is 5.94. The lowest BCUT2D eigenvalue weighted by Gasteiger charge is -2.32. The molecule has 1 aliphatic heterocycles. The summed E-state index contributed by atoms with van der Waals surface area (Å²) in [6.07, 6.45) is 0. The normalized spacial score (nSPS) is 15.1. The van der Waals surface area contributed by atoms with Crippen LogP contribution in [0.1, 0.15) is 35.7 Å². The summed E-state index contributed by atoms with van der Waals surface area (Å²) in [5, 5.41) is 22.4. The number of carbonyl (C=O) groups excluding carboxylic acids is 1. The van der Waals surface area contributed by atoms with Crippen molar-refractivity contribution >= 4 is 5.91 Å². The number of amides is 1. The van der Waals surface area contributed by atoms with Gasteiger partial charge in [0.15, 0.2) is 17.2 Å². The van der Waals surface area contributed by atoms with E-state index in [-0.39, 0.29) is 36.1 Å². The molecule has 0 bridgehead atoms. The van der Waals surface area contributed by atoms with Gasteiger partial charge in [0.25, 0.3) is 11.5 Å². The molecule has 0 aliphatic carbocycles. The van der Waals surface area contributed by atoms with Crippen LogP contribution in [0, 0.1) is 0 Å². The Bertz CT molecular complexity index is 951. The van der Waals surface area contributed by atoms with Crippen LogP contribution in [0.25, 0.3) is 0 Å². The summed E-state index contributed by atoms with van der Waals surface area (Å²) in [6, 6.07) is 4.63. The van der Waals surface area contributed by atoms with E-state index in [0.29, 0.717) is 12.2 Å². The first kappa shape index (κ1) is 18.7. The number of phenols is 1. The van der Waals surface area contributed by atoms with Crippen LogP contribution in [0.3, 0.4) is 0 Å². The molecule has 0 radical (unpaired) electrons. The van der Waals surface area contributed by atoms with Crippen LogP contribution in [0.5, 0.6) is 17.2 Å². The molecule has 1 amide bonds. The van der Waals surface area contributed by atoms with Crippen LogP contribution in [-0.4, -0.2) is 39.4 Å². The van der Waals surface area contributed by atoms with Gasteiger partial charge in [0.1, 0.15) is 11.4 Å². The molecule has 3 rings (SSSR count). The van der Waals surface area contributed by atoms with E-state index in [1.807, 2.05) is 0 Å². The molecule has 9 nitrogen and oxygen atoms in total. The molecule has 0 unspecified atom stereocenters. The number of hydrogen-bond acceptors (Lipinski definition) is 7. The third-order valence-electron chi connectivity index (χ3n) is 4.37. The molecule has 1 aromatic heterocycles. The summed E-state index contributed by atoms with van der Waals surface area (Å²) in [5.41, 5.74) is -1.22. The topological polar surface area (TPSA) is 123 Å². The number of aromatic hydroxyl groups is 2. The van der Waals surface area contributed by atoms with E-state index >= 15 is 0 Å². The Morgan fingerprint density at radius 1 is 1.41 bits per heavy atom. The zero-order chi connectivity index (χ0) is 19.8. The minimum atomic E-state index is -0.857. The molecule has 144 valence electrons. The van der Waals surface area contributed by atoms with Crippen molar-refractivity contribution in [2.45, 2.75) is 32.5 Å². The molecule has 3 N–H and O–H groups in total. The predicted molar refractivity (Wildman–Crippen MR) is 95.0 cm³/mol. The van der Waals surface area contributed by atoms with Crippen molar-refractivity contribution in [1.82, 2.24) is 14.9 Å². The summed E-state index contributed by atoms with van der Waals surface area (Å²) in [7, 11) is 1.42. The molecule has 2 heterocycles. The number of nitrogens with one attached hydrogen (secondary N) is 1. The number of nitrogens with zero attached hydrogens (tertiary/aromatic N) is 2. The molecule has 0 spiro atoms. The number of ether oxygens (including phenoxy) is 2. The van der Waals surface area contributed by atoms with E-state index in [0.717, 1.165) is 0 Å². The molecule has 1 aromatic carbocycles. The van der Waals surface area contributed by atoms with E-state index in [2.05, 4.69) is 10.3 Å². The van der Waals surface area contributed by atoms with Crippen LogP contribution < -0.4 is 15.6 Å². The second-order valence-electron chi connectivity index (χ2n) is 6.64. The van der Waals surface area contributed by atoms with E-state index in [1.54, 1.807) is 26.0 Å². The summed E-state index contributed by atoms with van der Waals surface area (Å²) in [5.74, 6) is -0.850. The Hall–Kier alpha value is -3.07. The minimum absolute atomic E-state index is 0.0168. The number of hydrogen-bond donors (Lipinski definition) is 3. The number of methoxy groups -OCH3 is 1. The van der Waals surface area contributed by atoms with Gasteiger partial charge in [0, 0.05) is 6.54 Å². The summed E-state index contributed by atoms with van der Waals surface area (Å²) < 4.78 is 12.0. The van der Waals surface area contributed by atoms with Crippen LogP contribution in [-0.2, 0) is 23.4 Å². The van der Waals surface area contributed by atoms with E-state index < -0.39 is 22.8 Å². The zero-order valence-electron chi connectivity index (χ0n) is 15.3. The molecule has 0 fully saturated rings. The average Bonchev–Trinajstić information content (AvgIpc) is 2.63. The van der Waals surface area contributed by atoms with Gasteiger partial charge in [-0.25, -0.2) is 4.98 Å². The molecular weight excluding hydrogens is 354 g/mol. The lowest BCUT2D eigenvalue weighted by molar-refractivity contribution is -0.0566. The highest BCUT2D eigenvalue weighted by Gasteiger charge is 2.34. The smallest absolute Gasteiger partial charge is 0.296 e. The standard InChI is InChI=1S/C18H21N3O6/c1-18(2)17-20-13(14(23)16(25)21(17)6-7-27-18)15(24)19-9-10-4-5-11(22)12(8-10)26-3/h4-5,8,22-23H,6-7,9H2,1-3H3,(H,19,24). The molecule has 9 heteroatoms. The minimum Gasteiger partial charge on any atom is -0.504 e. The number of benzene rings is 1. The van der Waals surface area contributed by atoms with Crippen molar-refractivity contribution in [1.29, 1.82) is 0 Å². The maximum absolute atomic E-state index is 12.5. The Kier molecular flexibility index (Phi) is 4.79. The molecule has 0 saturated carbocycles. The molecular formula is C18H21N3O6. The number of phenolic OH excluding ortho intramolecular Hbond substituents is 1. The largest absolute Gasteiger partial charge is 0.504 e. The second-order valence-corrected chi connectivity index (χ2v) is 6.64. The van der Waals surface area contributed by atoms with Gasteiger partial charge in [-0.3, -0.25) is 14.2 Å². The van der Waals surface area contributed by atoms with Gasteiger partial charge >= 0.3 is 0 Å². The maximum Gasteiger partial charge on any atom is 0.296 e. The number of rotatable bonds is 4. The van der Waals surface area contributed by atoms with E-state index in [1.165, 1.54) is 17.7 Å². The fraction of sp³-hybridized carbons (Fsp3) is 0.389. The van der Waals surface area contributed by atoms with Gasteiger partial charge in [-0.2, -0.15) is 0 Å². The van der Waals surface area contributed by atoms with Gasteiger partial charge in [-0.05, 0) is 31.5 Å². The van der Waals surface area contributed by atoms with Gasteiger partial charge < -0.3 is 25.0 Å². The maximum atomic E-state index is 12.5. The second kappa shape index (κ2) is 6.92. The fourth-order valence-corrected chi connectivity index (χ4v) is 2.92. The Labute approximate surface area is 155 Å². The molecule has 2 aromatic rings. The highest BCUT2D eigenvalue weighted by atomic mass is 16.5. The van der Waals surface area contributed by atoms with Crippen molar-refractivity contribution in [3.63, 3.8) is 0 Å². The molecule has 0 atom stereocenters. The molecule has 1 aliphatic rings. The Balaban J connectivity index is 1.87. The van der Waals surface area contributed by atoms with Crippen molar-refractivity contribution in [3.8, 4) is 17.2 Å². The summed E-state index contributed by atoms with van der Waals surface area (Å²) >= 11 is 0. The first-order valence-electron chi connectivity index (χ1n) is 8.37. The number of fused-ring (bicyclic) bond motifs is 1. The van der Waals surface area contributed by atoms with Crippen LogP contribution in [0.15, 0.2) is 23.0 Å². The van der Waals surface area contributed by atoms with Crippen molar-refractivity contribution in [3.05, 3.63) is 45.6 Å². The van der Waals surface area contributed by atoms with Gasteiger partial charge in [-0.1, -0.05) is 6.07 Å². The van der Waals surface area contributed by atoms with E-state index in [9.17, 15) is 19.8 Å². The zero-order valence-corrected chi connectivity index (χ0v) is 15.3. The number of carbonyl (C=O) groups is 1.